The van der Waals surface area contributed by atoms with Crippen LogP contribution in [0.5, 0.6) is 0 Å². The molecule has 2 rings (SSSR count). The minimum atomic E-state index is 0.259. The predicted molar refractivity (Wildman–Crippen MR) is 78.0 cm³/mol. The molecular formula is C15H31N3. The Morgan fingerprint density at radius 3 is 2.28 bits per heavy atom. The summed E-state index contributed by atoms with van der Waals surface area (Å²) in [5.41, 5.74) is 0.259. The summed E-state index contributed by atoms with van der Waals surface area (Å²) in [4.78, 5) is 5.18. The average molecular weight is 253 g/mol. The highest BCUT2D eigenvalue weighted by molar-refractivity contribution is 4.88. The highest BCUT2D eigenvalue weighted by Crippen LogP contribution is 2.25. The molecule has 0 unspecified atom stereocenters. The van der Waals surface area contributed by atoms with Crippen LogP contribution < -0.4 is 5.32 Å². The maximum absolute atomic E-state index is 3.80. The monoisotopic (exact) mass is 253 g/mol. The molecule has 1 saturated heterocycles. The first-order valence-corrected chi connectivity index (χ1v) is 7.64. The SMILES string of the molecule is CN1CCN([C@@H]2CCC[C@@H](NC(C)(C)C)C2)CC1. The van der Waals surface area contributed by atoms with Gasteiger partial charge in [0.2, 0.25) is 0 Å². The van der Waals surface area contributed by atoms with E-state index in [1.165, 1.54) is 51.9 Å². The summed E-state index contributed by atoms with van der Waals surface area (Å²) in [6.45, 7) is 11.9. The zero-order valence-corrected chi connectivity index (χ0v) is 12.7. The van der Waals surface area contributed by atoms with Crippen LogP contribution in [0, 0.1) is 0 Å². The lowest BCUT2D eigenvalue weighted by Gasteiger charge is -2.43. The molecule has 0 aromatic rings. The number of hydrogen-bond acceptors (Lipinski definition) is 3. The first-order chi connectivity index (χ1) is 8.44. The lowest BCUT2D eigenvalue weighted by atomic mass is 9.88. The number of likely N-dealkylation sites (N-methyl/N-ethyl adjacent to an activating group) is 1. The molecule has 1 aliphatic heterocycles. The highest BCUT2D eigenvalue weighted by Gasteiger charge is 2.29. The molecule has 2 atom stereocenters. The fraction of sp³-hybridized carbons (Fsp3) is 1.00. The molecule has 0 aromatic carbocycles. The van der Waals surface area contributed by atoms with Crippen LogP contribution >= 0.6 is 0 Å². The van der Waals surface area contributed by atoms with Crippen LogP contribution in [0.2, 0.25) is 0 Å². The Balaban J connectivity index is 1.83. The summed E-state index contributed by atoms with van der Waals surface area (Å²) in [5, 5.41) is 3.80. The van der Waals surface area contributed by atoms with Crippen LogP contribution in [-0.4, -0.2) is 60.6 Å². The van der Waals surface area contributed by atoms with Crippen molar-refractivity contribution in [1.29, 1.82) is 0 Å². The van der Waals surface area contributed by atoms with Crippen LogP contribution in [-0.2, 0) is 0 Å². The van der Waals surface area contributed by atoms with Crippen molar-refractivity contribution in [2.45, 2.75) is 64.1 Å². The van der Waals surface area contributed by atoms with Gasteiger partial charge in [-0.25, -0.2) is 0 Å². The number of rotatable bonds is 2. The summed E-state index contributed by atoms with van der Waals surface area (Å²) in [7, 11) is 2.24. The minimum Gasteiger partial charge on any atom is -0.309 e. The molecule has 2 fully saturated rings. The van der Waals surface area contributed by atoms with Crippen molar-refractivity contribution < 1.29 is 0 Å². The zero-order chi connectivity index (χ0) is 13.2. The Bertz CT molecular complexity index is 251. The number of piperazine rings is 1. The van der Waals surface area contributed by atoms with E-state index in [9.17, 15) is 0 Å². The Hall–Kier alpha value is -0.120. The maximum atomic E-state index is 3.80. The van der Waals surface area contributed by atoms with Gasteiger partial charge in [-0.05, 0) is 47.1 Å². The molecule has 3 nitrogen and oxygen atoms in total. The van der Waals surface area contributed by atoms with Crippen molar-refractivity contribution >= 4 is 0 Å². The van der Waals surface area contributed by atoms with E-state index in [-0.39, 0.29) is 5.54 Å². The van der Waals surface area contributed by atoms with Crippen molar-refractivity contribution in [3.8, 4) is 0 Å². The van der Waals surface area contributed by atoms with Gasteiger partial charge in [-0.3, -0.25) is 4.90 Å². The Labute approximate surface area is 113 Å². The lowest BCUT2D eigenvalue weighted by Crippen LogP contribution is -2.53. The molecule has 1 aliphatic carbocycles. The fourth-order valence-corrected chi connectivity index (χ4v) is 3.43. The van der Waals surface area contributed by atoms with E-state index < -0.39 is 0 Å². The quantitative estimate of drug-likeness (QED) is 0.811. The van der Waals surface area contributed by atoms with Crippen LogP contribution in [0.15, 0.2) is 0 Å². The Kier molecular flexibility index (Phi) is 4.68. The molecule has 0 radical (unpaired) electrons. The minimum absolute atomic E-state index is 0.259. The van der Waals surface area contributed by atoms with Gasteiger partial charge in [-0.15, -0.1) is 0 Å². The molecule has 0 amide bonds. The van der Waals surface area contributed by atoms with Gasteiger partial charge >= 0.3 is 0 Å². The molecule has 0 bridgehead atoms. The molecule has 106 valence electrons. The second kappa shape index (κ2) is 5.89. The van der Waals surface area contributed by atoms with Crippen molar-refractivity contribution in [2.24, 2.45) is 0 Å². The third-order valence-electron chi connectivity index (χ3n) is 4.34. The molecule has 1 saturated carbocycles. The van der Waals surface area contributed by atoms with Crippen molar-refractivity contribution in [1.82, 2.24) is 15.1 Å². The molecule has 1 heterocycles. The van der Waals surface area contributed by atoms with Gasteiger partial charge in [0.1, 0.15) is 0 Å². The second-order valence-electron chi connectivity index (χ2n) is 7.25. The Morgan fingerprint density at radius 1 is 1.00 bits per heavy atom. The van der Waals surface area contributed by atoms with E-state index in [0.29, 0.717) is 0 Å². The van der Waals surface area contributed by atoms with Gasteiger partial charge < -0.3 is 10.2 Å². The van der Waals surface area contributed by atoms with Crippen molar-refractivity contribution in [3.05, 3.63) is 0 Å². The summed E-state index contributed by atoms with van der Waals surface area (Å²) in [6, 6.07) is 1.55. The largest absolute Gasteiger partial charge is 0.309 e. The maximum Gasteiger partial charge on any atom is 0.0113 e. The second-order valence-corrected chi connectivity index (χ2v) is 7.25. The first kappa shape index (κ1) is 14.3. The molecular weight excluding hydrogens is 222 g/mol. The predicted octanol–water partition coefficient (Wildman–Crippen LogP) is 1.93. The van der Waals surface area contributed by atoms with Gasteiger partial charge in [0.15, 0.2) is 0 Å². The number of nitrogens with one attached hydrogen (secondary N) is 1. The van der Waals surface area contributed by atoms with E-state index in [2.05, 4.69) is 42.9 Å². The van der Waals surface area contributed by atoms with Crippen LogP contribution in [0.4, 0.5) is 0 Å². The fourth-order valence-electron chi connectivity index (χ4n) is 3.43. The standard InChI is InChI=1S/C15H31N3/c1-15(2,3)16-13-6-5-7-14(12-13)18-10-8-17(4)9-11-18/h13-14,16H,5-12H2,1-4H3/t13-,14-/m1/s1. The molecule has 0 spiro atoms. The van der Waals surface area contributed by atoms with Crippen molar-refractivity contribution in [2.75, 3.05) is 33.2 Å². The molecule has 2 aliphatic rings. The van der Waals surface area contributed by atoms with Crippen LogP contribution in [0.25, 0.3) is 0 Å². The molecule has 18 heavy (non-hydrogen) atoms. The summed E-state index contributed by atoms with van der Waals surface area (Å²) >= 11 is 0. The Morgan fingerprint density at radius 2 is 1.67 bits per heavy atom. The number of nitrogens with zero attached hydrogens (tertiary/aromatic N) is 2. The summed E-state index contributed by atoms with van der Waals surface area (Å²) in [5.74, 6) is 0. The van der Waals surface area contributed by atoms with Gasteiger partial charge in [-0.1, -0.05) is 6.42 Å². The first-order valence-electron chi connectivity index (χ1n) is 7.64. The number of hydrogen-bond donors (Lipinski definition) is 1. The van der Waals surface area contributed by atoms with E-state index in [1.807, 2.05) is 0 Å². The zero-order valence-electron chi connectivity index (χ0n) is 12.7. The third kappa shape index (κ3) is 4.22. The van der Waals surface area contributed by atoms with E-state index in [0.717, 1.165) is 12.1 Å². The lowest BCUT2D eigenvalue weighted by molar-refractivity contribution is 0.0794. The van der Waals surface area contributed by atoms with Gasteiger partial charge in [0, 0.05) is 43.8 Å². The molecule has 3 heteroatoms. The molecule has 0 aromatic heterocycles. The van der Waals surface area contributed by atoms with Gasteiger partial charge in [-0.2, -0.15) is 0 Å². The van der Waals surface area contributed by atoms with Crippen molar-refractivity contribution in [3.63, 3.8) is 0 Å². The van der Waals surface area contributed by atoms with E-state index in [4.69, 9.17) is 0 Å². The highest BCUT2D eigenvalue weighted by atomic mass is 15.3. The topological polar surface area (TPSA) is 18.5 Å². The normalized spacial score (nSPS) is 32.7. The summed E-state index contributed by atoms with van der Waals surface area (Å²) in [6.07, 6.45) is 5.51. The smallest absolute Gasteiger partial charge is 0.0113 e. The van der Waals surface area contributed by atoms with E-state index >= 15 is 0 Å². The van der Waals surface area contributed by atoms with E-state index in [1.54, 1.807) is 0 Å². The average Bonchev–Trinajstić information content (AvgIpc) is 2.28. The third-order valence-corrected chi connectivity index (χ3v) is 4.34. The van der Waals surface area contributed by atoms with Gasteiger partial charge in [0.05, 0.1) is 0 Å². The van der Waals surface area contributed by atoms with Gasteiger partial charge in [0.25, 0.3) is 0 Å². The summed E-state index contributed by atoms with van der Waals surface area (Å²) < 4.78 is 0. The van der Waals surface area contributed by atoms with Crippen LogP contribution in [0.1, 0.15) is 46.5 Å². The molecule has 1 N–H and O–H groups in total. The van der Waals surface area contributed by atoms with Crippen LogP contribution in [0.3, 0.4) is 0 Å².